The van der Waals surface area contributed by atoms with Gasteiger partial charge in [0.05, 0.1) is 0 Å². The SMILES string of the molecule is Cc1c(F)cccc1NC1=NCC2(CCCC2)CS1. The van der Waals surface area contributed by atoms with Crippen LogP contribution in [0.15, 0.2) is 23.2 Å². The number of halogens is 1. The van der Waals surface area contributed by atoms with Gasteiger partial charge in [-0.25, -0.2) is 4.39 Å². The lowest BCUT2D eigenvalue weighted by atomic mass is 9.89. The molecular formula is C15H19FN2S. The second-order valence-corrected chi connectivity index (χ2v) is 6.62. The zero-order valence-electron chi connectivity index (χ0n) is 11.2. The van der Waals surface area contributed by atoms with Crippen LogP contribution in [0.2, 0.25) is 0 Å². The Bertz CT molecular complexity index is 507. The van der Waals surface area contributed by atoms with Crippen molar-refractivity contribution in [2.24, 2.45) is 10.4 Å². The van der Waals surface area contributed by atoms with E-state index in [1.807, 2.05) is 6.07 Å². The van der Waals surface area contributed by atoms with E-state index in [4.69, 9.17) is 0 Å². The number of hydrogen-bond acceptors (Lipinski definition) is 3. The van der Waals surface area contributed by atoms with Crippen LogP contribution in [0.3, 0.4) is 0 Å². The van der Waals surface area contributed by atoms with Crippen LogP contribution in [0.1, 0.15) is 31.2 Å². The van der Waals surface area contributed by atoms with E-state index in [1.165, 1.54) is 31.7 Å². The van der Waals surface area contributed by atoms with Gasteiger partial charge in [-0.1, -0.05) is 30.7 Å². The fourth-order valence-electron chi connectivity index (χ4n) is 2.91. The van der Waals surface area contributed by atoms with Crippen LogP contribution in [0.5, 0.6) is 0 Å². The minimum Gasteiger partial charge on any atom is -0.335 e. The van der Waals surface area contributed by atoms with Gasteiger partial charge in [0.25, 0.3) is 0 Å². The molecule has 1 saturated carbocycles. The summed E-state index contributed by atoms with van der Waals surface area (Å²) in [6.07, 6.45) is 5.33. The van der Waals surface area contributed by atoms with E-state index >= 15 is 0 Å². The van der Waals surface area contributed by atoms with Crippen LogP contribution in [0, 0.1) is 18.2 Å². The van der Waals surface area contributed by atoms with Crippen LogP contribution in [0.25, 0.3) is 0 Å². The topological polar surface area (TPSA) is 24.4 Å². The highest BCUT2D eigenvalue weighted by molar-refractivity contribution is 8.14. The number of nitrogens with zero attached hydrogens (tertiary/aromatic N) is 1. The first kappa shape index (κ1) is 13.0. The maximum absolute atomic E-state index is 13.5. The summed E-state index contributed by atoms with van der Waals surface area (Å²) in [5.41, 5.74) is 1.94. The van der Waals surface area contributed by atoms with E-state index in [1.54, 1.807) is 24.8 Å². The second kappa shape index (κ2) is 5.16. The highest BCUT2D eigenvalue weighted by Gasteiger charge is 2.36. The lowest BCUT2D eigenvalue weighted by molar-refractivity contribution is 0.359. The first-order valence-corrected chi connectivity index (χ1v) is 7.87. The molecule has 0 atom stereocenters. The third kappa shape index (κ3) is 2.64. The Hall–Kier alpha value is -1.03. The lowest BCUT2D eigenvalue weighted by Crippen LogP contribution is -2.30. The van der Waals surface area contributed by atoms with Crippen molar-refractivity contribution in [1.82, 2.24) is 0 Å². The molecular weight excluding hydrogens is 259 g/mol. The van der Waals surface area contributed by atoms with Crippen molar-refractivity contribution in [2.45, 2.75) is 32.6 Å². The summed E-state index contributed by atoms with van der Waals surface area (Å²) in [7, 11) is 0. The maximum Gasteiger partial charge on any atom is 0.161 e. The van der Waals surface area contributed by atoms with Gasteiger partial charge in [-0.05, 0) is 37.3 Å². The number of amidine groups is 1. The quantitative estimate of drug-likeness (QED) is 0.832. The first-order chi connectivity index (χ1) is 9.19. The van der Waals surface area contributed by atoms with E-state index in [0.29, 0.717) is 11.0 Å². The smallest absolute Gasteiger partial charge is 0.161 e. The van der Waals surface area contributed by atoms with Crippen LogP contribution in [-0.4, -0.2) is 17.5 Å². The fourth-order valence-corrected chi connectivity index (χ4v) is 4.07. The number of thioether (sulfide) groups is 1. The van der Waals surface area contributed by atoms with E-state index in [9.17, 15) is 4.39 Å². The van der Waals surface area contributed by atoms with Crippen molar-refractivity contribution in [3.05, 3.63) is 29.6 Å². The van der Waals surface area contributed by atoms with Gasteiger partial charge in [-0.15, -0.1) is 0 Å². The third-order valence-corrected chi connectivity index (χ3v) is 5.51. The van der Waals surface area contributed by atoms with Crippen LogP contribution in [-0.2, 0) is 0 Å². The molecule has 0 aromatic heterocycles. The molecule has 102 valence electrons. The van der Waals surface area contributed by atoms with Gasteiger partial charge in [0.2, 0.25) is 0 Å². The summed E-state index contributed by atoms with van der Waals surface area (Å²) in [4.78, 5) is 4.68. The number of nitrogens with one attached hydrogen (secondary N) is 1. The lowest BCUT2D eigenvalue weighted by Gasteiger charge is -2.31. The summed E-state index contributed by atoms with van der Waals surface area (Å²) < 4.78 is 13.5. The van der Waals surface area contributed by atoms with E-state index in [-0.39, 0.29) is 5.82 Å². The van der Waals surface area contributed by atoms with Crippen LogP contribution in [0.4, 0.5) is 10.1 Å². The predicted molar refractivity (Wildman–Crippen MR) is 80.4 cm³/mol. The van der Waals surface area contributed by atoms with Gasteiger partial charge in [-0.3, -0.25) is 4.99 Å². The van der Waals surface area contributed by atoms with E-state index in [2.05, 4.69) is 10.3 Å². The molecule has 1 aliphatic carbocycles. The molecule has 4 heteroatoms. The van der Waals surface area contributed by atoms with Crippen molar-refractivity contribution < 1.29 is 4.39 Å². The van der Waals surface area contributed by atoms with Gasteiger partial charge in [0.15, 0.2) is 5.17 Å². The Morgan fingerprint density at radius 2 is 2.11 bits per heavy atom. The van der Waals surface area contributed by atoms with Crippen molar-refractivity contribution in [3.8, 4) is 0 Å². The maximum atomic E-state index is 13.5. The molecule has 1 spiro atoms. The molecule has 1 aromatic rings. The molecule has 19 heavy (non-hydrogen) atoms. The normalized spacial score (nSPS) is 21.5. The summed E-state index contributed by atoms with van der Waals surface area (Å²) in [6.45, 7) is 2.72. The summed E-state index contributed by atoms with van der Waals surface area (Å²) in [6, 6.07) is 5.13. The molecule has 0 bridgehead atoms. The van der Waals surface area contributed by atoms with Crippen LogP contribution >= 0.6 is 11.8 Å². The van der Waals surface area contributed by atoms with Gasteiger partial charge in [0, 0.05) is 23.5 Å². The first-order valence-electron chi connectivity index (χ1n) is 6.88. The van der Waals surface area contributed by atoms with Gasteiger partial charge < -0.3 is 5.32 Å². The Labute approximate surface area is 117 Å². The van der Waals surface area contributed by atoms with Crippen LogP contribution < -0.4 is 5.32 Å². The van der Waals surface area contributed by atoms with Crippen molar-refractivity contribution in [3.63, 3.8) is 0 Å². The fraction of sp³-hybridized carbons (Fsp3) is 0.533. The van der Waals surface area contributed by atoms with E-state index < -0.39 is 0 Å². The average Bonchev–Trinajstić information content (AvgIpc) is 2.86. The summed E-state index contributed by atoms with van der Waals surface area (Å²) in [5.74, 6) is 0.978. The third-order valence-electron chi connectivity index (χ3n) is 4.25. The Balaban J connectivity index is 1.71. The standard InChI is InChI=1S/C15H19FN2S/c1-11-12(16)5-4-6-13(11)18-14-17-9-15(10-19-14)7-2-3-8-15/h4-6H,2-3,7-10H2,1H3,(H,17,18). The second-order valence-electron chi connectivity index (χ2n) is 5.65. The molecule has 3 rings (SSSR count). The van der Waals surface area contributed by atoms with Gasteiger partial charge >= 0.3 is 0 Å². The number of rotatable bonds is 1. The zero-order valence-corrected chi connectivity index (χ0v) is 12.0. The number of aliphatic imine (C=N–C) groups is 1. The molecule has 0 radical (unpaired) electrons. The molecule has 1 heterocycles. The molecule has 0 unspecified atom stereocenters. The Kier molecular flexibility index (Phi) is 3.52. The average molecular weight is 278 g/mol. The number of hydrogen-bond donors (Lipinski definition) is 1. The Morgan fingerprint density at radius 1 is 1.32 bits per heavy atom. The molecule has 0 amide bonds. The van der Waals surface area contributed by atoms with E-state index in [0.717, 1.165) is 23.2 Å². The minimum atomic E-state index is -0.168. The molecule has 1 N–H and O–H groups in total. The van der Waals surface area contributed by atoms with Gasteiger partial charge in [-0.2, -0.15) is 0 Å². The molecule has 0 saturated heterocycles. The largest absolute Gasteiger partial charge is 0.335 e. The van der Waals surface area contributed by atoms with Crippen molar-refractivity contribution >= 4 is 22.6 Å². The van der Waals surface area contributed by atoms with Crippen molar-refractivity contribution in [2.75, 3.05) is 17.6 Å². The molecule has 1 fully saturated rings. The molecule has 2 nitrogen and oxygen atoms in total. The highest BCUT2D eigenvalue weighted by Crippen LogP contribution is 2.43. The van der Waals surface area contributed by atoms with Crippen molar-refractivity contribution in [1.29, 1.82) is 0 Å². The monoisotopic (exact) mass is 278 g/mol. The summed E-state index contributed by atoms with van der Waals surface area (Å²) in [5, 5.41) is 4.21. The predicted octanol–water partition coefficient (Wildman–Crippen LogP) is 4.21. The van der Waals surface area contributed by atoms with Gasteiger partial charge in [0.1, 0.15) is 5.82 Å². The minimum absolute atomic E-state index is 0.168. The highest BCUT2D eigenvalue weighted by atomic mass is 32.2. The summed E-state index contributed by atoms with van der Waals surface area (Å²) >= 11 is 1.79. The number of benzene rings is 1. The molecule has 2 aliphatic rings. The Morgan fingerprint density at radius 3 is 2.79 bits per heavy atom. The molecule has 1 aromatic carbocycles. The zero-order chi connectivity index (χ0) is 13.3. The number of anilines is 1. The molecule has 1 aliphatic heterocycles.